The predicted octanol–water partition coefficient (Wildman–Crippen LogP) is 3.34. The Balaban J connectivity index is 1.89. The Labute approximate surface area is 107 Å². The summed E-state index contributed by atoms with van der Waals surface area (Å²) in [5.74, 6) is 0.114. The van der Waals surface area contributed by atoms with Crippen LogP contribution in [-0.4, -0.2) is 29.6 Å². The van der Waals surface area contributed by atoms with E-state index in [0.29, 0.717) is 11.6 Å². The maximum Gasteiger partial charge on any atom is 0.434 e. The fourth-order valence-corrected chi connectivity index (χ4v) is 2.85. The second-order valence-electron chi connectivity index (χ2n) is 4.50. The molecule has 2 nitrogen and oxygen atoms in total. The quantitative estimate of drug-likeness (QED) is 0.790. The van der Waals surface area contributed by atoms with Gasteiger partial charge in [-0.25, -0.2) is 4.98 Å². The number of thiazole rings is 1. The number of hydrogen-bond acceptors (Lipinski definition) is 3. The van der Waals surface area contributed by atoms with Gasteiger partial charge < -0.3 is 0 Å². The standard InChI is InChI=1S/C11H14F4N2S/c12-5-8-1-3-17(4-2-8)6-10-16-9(7-18-10)11(13,14)15/h7-8H,1-6H2. The molecule has 1 aromatic rings. The molecule has 2 heterocycles. The Bertz CT molecular complexity index is 383. The van der Waals surface area contributed by atoms with Crippen LogP contribution in [0.5, 0.6) is 0 Å². The highest BCUT2D eigenvalue weighted by Gasteiger charge is 2.33. The number of alkyl halides is 4. The summed E-state index contributed by atoms with van der Waals surface area (Å²) in [6, 6.07) is 0. The molecular formula is C11H14F4N2S. The molecule has 7 heteroatoms. The van der Waals surface area contributed by atoms with Crippen molar-refractivity contribution in [1.29, 1.82) is 0 Å². The highest BCUT2D eigenvalue weighted by molar-refractivity contribution is 7.09. The number of aromatic nitrogens is 1. The van der Waals surface area contributed by atoms with Crippen LogP contribution in [0.3, 0.4) is 0 Å². The van der Waals surface area contributed by atoms with Gasteiger partial charge in [0.15, 0.2) is 5.69 Å². The molecule has 0 unspecified atom stereocenters. The molecule has 0 spiro atoms. The molecule has 1 aliphatic rings. The van der Waals surface area contributed by atoms with Crippen LogP contribution in [0.15, 0.2) is 5.38 Å². The van der Waals surface area contributed by atoms with Crippen LogP contribution in [0.25, 0.3) is 0 Å². The number of likely N-dealkylation sites (tertiary alicyclic amines) is 1. The van der Waals surface area contributed by atoms with E-state index in [1.165, 1.54) is 0 Å². The largest absolute Gasteiger partial charge is 0.434 e. The first-order valence-electron chi connectivity index (χ1n) is 5.79. The first-order valence-corrected chi connectivity index (χ1v) is 6.67. The molecule has 1 saturated heterocycles. The maximum atomic E-state index is 12.4. The summed E-state index contributed by atoms with van der Waals surface area (Å²) in [7, 11) is 0. The van der Waals surface area contributed by atoms with Crippen molar-refractivity contribution in [3.63, 3.8) is 0 Å². The Morgan fingerprint density at radius 3 is 2.50 bits per heavy atom. The van der Waals surface area contributed by atoms with E-state index in [9.17, 15) is 17.6 Å². The molecule has 1 aromatic heterocycles. The van der Waals surface area contributed by atoms with Crippen LogP contribution < -0.4 is 0 Å². The summed E-state index contributed by atoms with van der Waals surface area (Å²) in [4.78, 5) is 5.63. The zero-order valence-corrected chi connectivity index (χ0v) is 10.5. The maximum absolute atomic E-state index is 12.4. The van der Waals surface area contributed by atoms with E-state index in [4.69, 9.17) is 0 Å². The zero-order valence-electron chi connectivity index (χ0n) is 9.71. The SMILES string of the molecule is FCC1CCN(Cc2nc(C(F)(F)F)cs2)CC1. The molecule has 0 N–H and O–H groups in total. The lowest BCUT2D eigenvalue weighted by molar-refractivity contribution is -0.140. The first kappa shape index (κ1) is 13.7. The zero-order chi connectivity index (χ0) is 13.2. The van der Waals surface area contributed by atoms with E-state index in [1.807, 2.05) is 4.90 Å². The second kappa shape index (κ2) is 5.52. The minimum atomic E-state index is -4.37. The molecular weight excluding hydrogens is 268 g/mol. The van der Waals surface area contributed by atoms with Crippen LogP contribution in [0.4, 0.5) is 17.6 Å². The van der Waals surface area contributed by atoms with E-state index in [-0.39, 0.29) is 12.6 Å². The minimum absolute atomic E-state index is 0.114. The molecule has 1 fully saturated rings. The van der Waals surface area contributed by atoms with Crippen molar-refractivity contribution < 1.29 is 17.6 Å². The summed E-state index contributed by atoms with van der Waals surface area (Å²) in [6.45, 7) is 1.59. The first-order chi connectivity index (χ1) is 8.49. The van der Waals surface area contributed by atoms with Gasteiger partial charge in [0.05, 0.1) is 13.2 Å². The number of nitrogens with zero attached hydrogens (tertiary/aromatic N) is 2. The van der Waals surface area contributed by atoms with Crippen LogP contribution in [-0.2, 0) is 12.7 Å². The molecule has 0 amide bonds. The van der Waals surface area contributed by atoms with Gasteiger partial charge in [-0.3, -0.25) is 9.29 Å². The van der Waals surface area contributed by atoms with Crippen LogP contribution in [0.1, 0.15) is 23.5 Å². The smallest absolute Gasteiger partial charge is 0.297 e. The van der Waals surface area contributed by atoms with Gasteiger partial charge in [0, 0.05) is 5.38 Å². The average molecular weight is 282 g/mol. The second-order valence-corrected chi connectivity index (χ2v) is 5.44. The molecule has 0 aromatic carbocycles. The summed E-state index contributed by atoms with van der Waals surface area (Å²) < 4.78 is 49.5. The molecule has 102 valence electrons. The molecule has 0 aliphatic carbocycles. The molecule has 0 atom stereocenters. The van der Waals surface area contributed by atoms with Gasteiger partial charge in [0.1, 0.15) is 5.01 Å². The monoisotopic (exact) mass is 282 g/mol. The summed E-state index contributed by atoms with van der Waals surface area (Å²) in [5.41, 5.74) is -0.818. The van der Waals surface area contributed by atoms with E-state index in [0.717, 1.165) is 42.6 Å². The number of halogens is 4. The predicted molar refractivity (Wildman–Crippen MR) is 61.1 cm³/mol. The number of piperidine rings is 1. The molecule has 18 heavy (non-hydrogen) atoms. The van der Waals surface area contributed by atoms with Gasteiger partial charge in [0.25, 0.3) is 0 Å². The lowest BCUT2D eigenvalue weighted by Gasteiger charge is -2.29. The van der Waals surface area contributed by atoms with Crippen molar-refractivity contribution in [2.45, 2.75) is 25.6 Å². The normalized spacial score (nSPS) is 19.3. The fraction of sp³-hybridized carbons (Fsp3) is 0.727. The topological polar surface area (TPSA) is 16.1 Å². The third kappa shape index (κ3) is 3.41. The highest BCUT2D eigenvalue weighted by atomic mass is 32.1. The lowest BCUT2D eigenvalue weighted by Crippen LogP contribution is -2.33. The van der Waals surface area contributed by atoms with E-state index < -0.39 is 11.9 Å². The van der Waals surface area contributed by atoms with Crippen molar-refractivity contribution in [2.24, 2.45) is 5.92 Å². The van der Waals surface area contributed by atoms with Crippen molar-refractivity contribution in [3.8, 4) is 0 Å². The van der Waals surface area contributed by atoms with E-state index >= 15 is 0 Å². The lowest BCUT2D eigenvalue weighted by atomic mass is 9.98. The highest BCUT2D eigenvalue weighted by Crippen LogP contribution is 2.30. The third-order valence-corrected chi connectivity index (χ3v) is 3.96. The summed E-state index contributed by atoms with van der Waals surface area (Å²) in [6.07, 6.45) is -2.82. The van der Waals surface area contributed by atoms with E-state index in [2.05, 4.69) is 4.98 Å². The van der Waals surface area contributed by atoms with Crippen LogP contribution in [0.2, 0.25) is 0 Å². The molecule has 1 aliphatic heterocycles. The van der Waals surface area contributed by atoms with Crippen molar-refractivity contribution in [1.82, 2.24) is 9.88 Å². The van der Waals surface area contributed by atoms with Gasteiger partial charge in [-0.05, 0) is 31.8 Å². The van der Waals surface area contributed by atoms with Crippen LogP contribution >= 0.6 is 11.3 Å². The molecule has 2 rings (SSSR count). The molecule has 0 radical (unpaired) electrons. The number of rotatable bonds is 3. The van der Waals surface area contributed by atoms with Gasteiger partial charge in [0.2, 0.25) is 0 Å². The molecule has 0 saturated carbocycles. The van der Waals surface area contributed by atoms with Gasteiger partial charge in [-0.2, -0.15) is 13.2 Å². The van der Waals surface area contributed by atoms with Crippen molar-refractivity contribution in [2.75, 3.05) is 19.8 Å². The summed E-state index contributed by atoms with van der Waals surface area (Å²) >= 11 is 1.03. The van der Waals surface area contributed by atoms with Crippen molar-refractivity contribution in [3.05, 3.63) is 16.1 Å². The Kier molecular flexibility index (Phi) is 4.21. The van der Waals surface area contributed by atoms with E-state index in [1.54, 1.807) is 0 Å². The average Bonchev–Trinajstić information content (AvgIpc) is 2.78. The third-order valence-electron chi connectivity index (χ3n) is 3.13. The minimum Gasteiger partial charge on any atom is -0.297 e. The van der Waals surface area contributed by atoms with Crippen LogP contribution in [0, 0.1) is 5.92 Å². The number of hydrogen-bond donors (Lipinski definition) is 0. The van der Waals surface area contributed by atoms with Gasteiger partial charge in [-0.1, -0.05) is 0 Å². The summed E-state index contributed by atoms with van der Waals surface area (Å²) in [5, 5.41) is 1.52. The Morgan fingerprint density at radius 2 is 2.00 bits per heavy atom. The fourth-order valence-electron chi connectivity index (χ4n) is 2.00. The van der Waals surface area contributed by atoms with Gasteiger partial charge in [-0.15, -0.1) is 11.3 Å². The Hall–Kier alpha value is -0.690. The molecule has 0 bridgehead atoms. The van der Waals surface area contributed by atoms with Crippen molar-refractivity contribution >= 4 is 11.3 Å². The van der Waals surface area contributed by atoms with Gasteiger partial charge >= 0.3 is 6.18 Å². The Morgan fingerprint density at radius 1 is 1.33 bits per heavy atom.